The molecule has 4 rings (SSSR count). The van der Waals surface area contributed by atoms with Gasteiger partial charge >= 0.3 is 0 Å². The number of aromatic nitrogens is 1. The zero-order valence-electron chi connectivity index (χ0n) is 14.1. The van der Waals surface area contributed by atoms with E-state index in [-0.39, 0.29) is 5.91 Å². The van der Waals surface area contributed by atoms with Crippen molar-refractivity contribution in [2.75, 3.05) is 44.2 Å². The van der Waals surface area contributed by atoms with Crippen LogP contribution in [0.2, 0.25) is 0 Å². The van der Waals surface area contributed by atoms with E-state index >= 15 is 0 Å². The number of nitrogens with one attached hydrogen (secondary N) is 1. The first-order valence-corrected chi connectivity index (χ1v) is 8.80. The number of aryl methyl sites for hydroxylation is 1. The number of hydrogen-bond acceptors (Lipinski definition) is 5. The first-order chi connectivity index (χ1) is 11.7. The Morgan fingerprint density at radius 3 is 2.83 bits per heavy atom. The fourth-order valence-corrected chi connectivity index (χ4v) is 3.12. The smallest absolute Gasteiger partial charge is 0.298 e. The third-order valence-electron chi connectivity index (χ3n) is 4.84. The molecule has 1 aliphatic carbocycles. The molecule has 24 heavy (non-hydrogen) atoms. The van der Waals surface area contributed by atoms with Gasteiger partial charge in [0.15, 0.2) is 5.58 Å². The summed E-state index contributed by atoms with van der Waals surface area (Å²) in [7, 11) is 0. The number of hydrogen-bond donors (Lipinski definition) is 1. The molecule has 2 heterocycles. The van der Waals surface area contributed by atoms with Gasteiger partial charge in [-0.05, 0) is 49.9 Å². The van der Waals surface area contributed by atoms with Gasteiger partial charge in [-0.2, -0.15) is 4.98 Å². The number of carbonyl (C=O) groups is 1. The summed E-state index contributed by atoms with van der Waals surface area (Å²) in [5, 5.41) is 3.27. The maximum Gasteiger partial charge on any atom is 0.298 e. The number of oxazole rings is 1. The van der Waals surface area contributed by atoms with Crippen molar-refractivity contribution >= 4 is 23.0 Å². The molecule has 1 aliphatic heterocycles. The molecule has 1 aromatic heterocycles. The molecule has 0 bridgehead atoms. The van der Waals surface area contributed by atoms with Crippen molar-refractivity contribution in [3.8, 4) is 0 Å². The van der Waals surface area contributed by atoms with Crippen LogP contribution in [0.15, 0.2) is 22.6 Å². The minimum Gasteiger partial charge on any atom is -0.423 e. The average molecular weight is 328 g/mol. The van der Waals surface area contributed by atoms with Crippen LogP contribution in [-0.2, 0) is 4.79 Å². The van der Waals surface area contributed by atoms with Gasteiger partial charge in [-0.15, -0.1) is 0 Å². The van der Waals surface area contributed by atoms with Gasteiger partial charge in [-0.25, -0.2) is 0 Å². The van der Waals surface area contributed by atoms with Gasteiger partial charge in [0.25, 0.3) is 6.01 Å². The molecule has 1 saturated carbocycles. The number of fused-ring (bicyclic) bond motifs is 1. The minimum absolute atomic E-state index is 0.198. The molecule has 0 atom stereocenters. The van der Waals surface area contributed by atoms with E-state index in [0.29, 0.717) is 12.6 Å². The Balaban J connectivity index is 1.31. The number of carbonyl (C=O) groups excluding carboxylic acids is 1. The van der Waals surface area contributed by atoms with E-state index in [1.165, 1.54) is 18.4 Å². The van der Waals surface area contributed by atoms with Crippen LogP contribution in [0.4, 0.5) is 6.01 Å². The summed E-state index contributed by atoms with van der Waals surface area (Å²) >= 11 is 0. The van der Waals surface area contributed by atoms with Gasteiger partial charge in [0.1, 0.15) is 5.52 Å². The molecule has 128 valence electrons. The maximum absolute atomic E-state index is 12.2. The van der Waals surface area contributed by atoms with Crippen LogP contribution >= 0.6 is 0 Å². The first kappa shape index (κ1) is 15.4. The fraction of sp³-hybridized carbons (Fsp3) is 0.556. The quantitative estimate of drug-likeness (QED) is 0.907. The Morgan fingerprint density at radius 2 is 2.08 bits per heavy atom. The van der Waals surface area contributed by atoms with E-state index < -0.39 is 0 Å². The van der Waals surface area contributed by atoms with Crippen LogP contribution in [-0.4, -0.2) is 55.1 Å². The highest BCUT2D eigenvalue weighted by atomic mass is 16.4. The van der Waals surface area contributed by atoms with Crippen molar-refractivity contribution in [1.82, 2.24) is 15.2 Å². The van der Waals surface area contributed by atoms with Crippen LogP contribution in [0.5, 0.6) is 0 Å². The molecule has 2 fully saturated rings. The highest BCUT2D eigenvalue weighted by Gasteiger charge is 2.25. The maximum atomic E-state index is 12.2. The van der Waals surface area contributed by atoms with Crippen LogP contribution in [0, 0.1) is 12.8 Å². The SMILES string of the molecule is Cc1ccc2oc(N3CCN(C(=O)CNCC4CC4)CC3)nc2c1. The monoisotopic (exact) mass is 328 g/mol. The molecule has 0 unspecified atom stereocenters. The van der Waals surface area contributed by atoms with Gasteiger partial charge in [-0.3, -0.25) is 4.79 Å². The van der Waals surface area contributed by atoms with Crippen LogP contribution in [0.25, 0.3) is 11.1 Å². The molecule has 6 nitrogen and oxygen atoms in total. The molecule has 0 spiro atoms. The van der Waals surface area contributed by atoms with E-state index in [1.54, 1.807) is 0 Å². The number of nitrogens with zero attached hydrogens (tertiary/aromatic N) is 3. The number of anilines is 1. The van der Waals surface area contributed by atoms with Crippen LogP contribution < -0.4 is 10.2 Å². The molecule has 0 radical (unpaired) electrons. The zero-order chi connectivity index (χ0) is 16.5. The van der Waals surface area contributed by atoms with E-state index in [0.717, 1.165) is 49.7 Å². The van der Waals surface area contributed by atoms with Gasteiger partial charge in [-0.1, -0.05) is 6.07 Å². The Bertz CT molecular complexity index is 730. The molecule has 1 aromatic carbocycles. The summed E-state index contributed by atoms with van der Waals surface area (Å²) in [6.07, 6.45) is 2.62. The van der Waals surface area contributed by atoms with Crippen LogP contribution in [0.1, 0.15) is 18.4 Å². The summed E-state index contributed by atoms with van der Waals surface area (Å²) in [5.74, 6) is 1.00. The van der Waals surface area contributed by atoms with E-state index in [1.807, 2.05) is 23.1 Å². The highest BCUT2D eigenvalue weighted by Crippen LogP contribution is 2.27. The summed E-state index contributed by atoms with van der Waals surface area (Å²) in [4.78, 5) is 20.9. The van der Waals surface area contributed by atoms with Gasteiger partial charge < -0.3 is 19.5 Å². The number of piperazine rings is 1. The van der Waals surface area contributed by atoms with Crippen molar-refractivity contribution in [3.63, 3.8) is 0 Å². The standard InChI is InChI=1S/C18H24N4O2/c1-13-2-5-16-15(10-13)20-18(24-16)22-8-6-21(7-9-22)17(23)12-19-11-14-3-4-14/h2,5,10,14,19H,3-4,6-9,11-12H2,1H3. The number of amides is 1. The summed E-state index contributed by atoms with van der Waals surface area (Å²) in [6.45, 7) is 6.46. The van der Waals surface area contributed by atoms with Gasteiger partial charge in [0, 0.05) is 26.2 Å². The molecular formula is C18H24N4O2. The third kappa shape index (κ3) is 3.38. The van der Waals surface area contributed by atoms with E-state index in [2.05, 4.69) is 22.1 Å². The fourth-order valence-electron chi connectivity index (χ4n) is 3.12. The van der Waals surface area contributed by atoms with Crippen molar-refractivity contribution in [2.24, 2.45) is 5.92 Å². The number of rotatable bonds is 5. The Kier molecular flexibility index (Phi) is 4.14. The predicted molar refractivity (Wildman–Crippen MR) is 93.1 cm³/mol. The molecule has 6 heteroatoms. The molecular weight excluding hydrogens is 304 g/mol. The molecule has 2 aliphatic rings. The molecule has 2 aromatic rings. The Hall–Kier alpha value is -2.08. The van der Waals surface area contributed by atoms with Gasteiger partial charge in [0.05, 0.1) is 6.54 Å². The number of benzene rings is 1. The Morgan fingerprint density at radius 1 is 1.29 bits per heavy atom. The minimum atomic E-state index is 0.198. The summed E-state index contributed by atoms with van der Waals surface area (Å²) in [6, 6.07) is 6.69. The predicted octanol–water partition coefficient (Wildman–Crippen LogP) is 1.78. The van der Waals surface area contributed by atoms with E-state index in [9.17, 15) is 4.79 Å². The van der Waals surface area contributed by atoms with Crippen molar-refractivity contribution in [3.05, 3.63) is 23.8 Å². The largest absolute Gasteiger partial charge is 0.423 e. The van der Waals surface area contributed by atoms with Crippen molar-refractivity contribution in [1.29, 1.82) is 0 Å². The van der Waals surface area contributed by atoms with Crippen molar-refractivity contribution in [2.45, 2.75) is 19.8 Å². The summed E-state index contributed by atoms with van der Waals surface area (Å²) in [5.41, 5.74) is 2.89. The molecule has 1 N–H and O–H groups in total. The van der Waals surface area contributed by atoms with E-state index in [4.69, 9.17) is 4.42 Å². The molecule has 1 amide bonds. The second kappa shape index (κ2) is 6.43. The lowest BCUT2D eigenvalue weighted by Gasteiger charge is -2.33. The first-order valence-electron chi connectivity index (χ1n) is 8.80. The second-order valence-electron chi connectivity index (χ2n) is 6.91. The lowest BCUT2D eigenvalue weighted by molar-refractivity contribution is -0.130. The normalized spacial score (nSPS) is 18.4. The molecule has 1 saturated heterocycles. The third-order valence-corrected chi connectivity index (χ3v) is 4.84. The highest BCUT2D eigenvalue weighted by molar-refractivity contribution is 5.78. The lowest BCUT2D eigenvalue weighted by atomic mass is 10.2. The summed E-state index contributed by atoms with van der Waals surface area (Å²) < 4.78 is 5.86. The lowest BCUT2D eigenvalue weighted by Crippen LogP contribution is -2.51. The van der Waals surface area contributed by atoms with Crippen molar-refractivity contribution < 1.29 is 9.21 Å². The Labute approximate surface area is 141 Å². The second-order valence-corrected chi connectivity index (χ2v) is 6.91. The van der Waals surface area contributed by atoms with Crippen LogP contribution in [0.3, 0.4) is 0 Å². The average Bonchev–Trinajstić information content (AvgIpc) is 3.32. The zero-order valence-corrected chi connectivity index (χ0v) is 14.1. The topological polar surface area (TPSA) is 61.6 Å². The van der Waals surface area contributed by atoms with Gasteiger partial charge in [0.2, 0.25) is 5.91 Å².